The second-order valence-corrected chi connectivity index (χ2v) is 11.4. The van der Waals surface area contributed by atoms with Crippen LogP contribution in [0.1, 0.15) is 67.4 Å². The number of cyclic esters (lactones) is 1. The highest BCUT2D eigenvalue weighted by molar-refractivity contribution is 7.84. The van der Waals surface area contributed by atoms with Crippen LogP contribution in [-0.4, -0.2) is 26.8 Å². The van der Waals surface area contributed by atoms with E-state index in [9.17, 15) is 9.00 Å². The molecule has 5 nitrogen and oxygen atoms in total. The number of carbonyl (C=O) groups excluding carboxylic acids is 1. The summed E-state index contributed by atoms with van der Waals surface area (Å²) in [5, 5.41) is 0. The molecule has 1 heterocycles. The van der Waals surface area contributed by atoms with Gasteiger partial charge < -0.3 is 9.47 Å². The Kier molecular flexibility index (Phi) is 5.96. The Morgan fingerprint density at radius 1 is 1.07 bits per heavy atom. The Morgan fingerprint density at radius 2 is 1.63 bits per heavy atom. The van der Waals surface area contributed by atoms with Gasteiger partial charge in [-0.2, -0.15) is 0 Å². The van der Waals surface area contributed by atoms with Gasteiger partial charge in [0.2, 0.25) is 11.9 Å². The minimum absolute atomic E-state index is 0.385. The monoisotopic (exact) mass is 395 g/mol. The Morgan fingerprint density at radius 3 is 2.04 bits per heavy atom. The van der Waals surface area contributed by atoms with Gasteiger partial charge in [-0.25, -0.2) is 13.7 Å². The van der Waals surface area contributed by atoms with Gasteiger partial charge in [-0.05, 0) is 39.7 Å². The summed E-state index contributed by atoms with van der Waals surface area (Å²) < 4.78 is 27.8. The first kappa shape index (κ1) is 22.1. The van der Waals surface area contributed by atoms with Gasteiger partial charge in [-0.15, -0.1) is 0 Å². The minimum atomic E-state index is -1.39. The maximum atomic E-state index is 13.3. The van der Waals surface area contributed by atoms with Crippen molar-refractivity contribution in [1.82, 2.24) is 4.72 Å². The first-order chi connectivity index (χ1) is 12.3. The van der Waals surface area contributed by atoms with Crippen LogP contribution < -0.4 is 4.72 Å². The molecule has 1 fully saturated rings. The van der Waals surface area contributed by atoms with Gasteiger partial charge in [-0.1, -0.05) is 58.0 Å². The predicted molar refractivity (Wildman–Crippen MR) is 108 cm³/mol. The van der Waals surface area contributed by atoms with Crippen molar-refractivity contribution < 1.29 is 18.5 Å². The van der Waals surface area contributed by atoms with Crippen LogP contribution in [0.2, 0.25) is 0 Å². The fraction of sp³-hybridized carbons (Fsp3) is 0.667. The third-order valence-corrected chi connectivity index (χ3v) is 6.78. The number of ether oxygens (including phenoxy) is 2. The Hall–Kier alpha value is -1.24. The van der Waals surface area contributed by atoms with E-state index in [1.807, 2.05) is 85.7 Å². The van der Waals surface area contributed by atoms with Gasteiger partial charge in [0.15, 0.2) is 0 Å². The quantitative estimate of drug-likeness (QED) is 0.764. The molecule has 1 aliphatic heterocycles. The molecular formula is C21H33NO4S. The van der Waals surface area contributed by atoms with Crippen LogP contribution in [0, 0.1) is 5.41 Å². The lowest BCUT2D eigenvalue weighted by molar-refractivity contribution is -0.166. The van der Waals surface area contributed by atoms with E-state index >= 15 is 0 Å². The van der Waals surface area contributed by atoms with Crippen molar-refractivity contribution in [2.24, 2.45) is 5.41 Å². The highest BCUT2D eigenvalue weighted by atomic mass is 32.2. The Bertz CT molecular complexity index is 707. The average molecular weight is 396 g/mol. The molecule has 2 rings (SSSR count). The SMILES string of the molecule is CC[C@@](C)(NS(=O)C(C)(C)C)[C@@]1(c2ccccc2)O[C@H](C(C)(C)C)OC1=O. The summed E-state index contributed by atoms with van der Waals surface area (Å²) in [5.41, 5.74) is -2.00. The number of hydrogen-bond donors (Lipinski definition) is 1. The molecule has 1 unspecified atom stereocenters. The number of benzene rings is 1. The number of rotatable bonds is 5. The molecule has 6 heteroatoms. The van der Waals surface area contributed by atoms with Gasteiger partial charge in [-0.3, -0.25) is 0 Å². The van der Waals surface area contributed by atoms with Crippen LogP contribution in [0.25, 0.3) is 0 Å². The van der Waals surface area contributed by atoms with Gasteiger partial charge in [0.05, 0.1) is 21.3 Å². The summed E-state index contributed by atoms with van der Waals surface area (Å²) >= 11 is 0. The molecule has 0 amide bonds. The van der Waals surface area contributed by atoms with Crippen molar-refractivity contribution in [1.29, 1.82) is 0 Å². The standard InChI is InChI=1S/C21H33NO4S/c1-9-20(8,22-27(24)19(5,6)7)21(15-13-11-10-12-14-15)16(23)25-17(26-21)18(2,3)4/h10-14,17,22H,9H2,1-8H3/t17-,20-,21+,27?/m1/s1. The van der Waals surface area contributed by atoms with Crippen LogP contribution in [0.4, 0.5) is 0 Å². The largest absolute Gasteiger partial charge is 0.433 e. The zero-order valence-electron chi connectivity index (χ0n) is 17.7. The summed E-state index contributed by atoms with van der Waals surface area (Å²) in [4.78, 5) is 13.3. The van der Waals surface area contributed by atoms with Gasteiger partial charge in [0, 0.05) is 5.41 Å². The first-order valence-corrected chi connectivity index (χ1v) is 10.6. The molecule has 0 spiro atoms. The molecule has 4 atom stereocenters. The smallest absolute Gasteiger partial charge is 0.347 e. The van der Waals surface area contributed by atoms with Crippen molar-refractivity contribution in [2.45, 2.75) is 84.0 Å². The molecule has 0 aromatic heterocycles. The summed E-state index contributed by atoms with van der Waals surface area (Å²) in [6.45, 7) is 15.4. The summed E-state index contributed by atoms with van der Waals surface area (Å²) in [6.07, 6.45) is -0.170. The summed E-state index contributed by atoms with van der Waals surface area (Å²) in [6, 6.07) is 9.36. The fourth-order valence-electron chi connectivity index (χ4n) is 3.05. The van der Waals surface area contributed by atoms with E-state index in [2.05, 4.69) is 4.72 Å². The lowest BCUT2D eigenvalue weighted by atomic mass is 9.75. The number of nitrogens with one attached hydrogen (secondary N) is 1. The van der Waals surface area contributed by atoms with E-state index in [0.717, 1.165) is 0 Å². The molecule has 0 radical (unpaired) electrons. The van der Waals surface area contributed by atoms with Crippen LogP contribution in [0.3, 0.4) is 0 Å². The molecule has 27 heavy (non-hydrogen) atoms. The molecule has 1 N–H and O–H groups in total. The zero-order chi connectivity index (χ0) is 20.7. The zero-order valence-corrected chi connectivity index (χ0v) is 18.5. The highest BCUT2D eigenvalue weighted by Gasteiger charge is 2.64. The summed E-state index contributed by atoms with van der Waals surface area (Å²) in [7, 11) is -1.39. The van der Waals surface area contributed by atoms with Gasteiger partial charge >= 0.3 is 5.97 Å². The molecule has 1 aromatic carbocycles. The van der Waals surface area contributed by atoms with E-state index < -0.39 is 39.1 Å². The van der Waals surface area contributed by atoms with Crippen molar-refractivity contribution in [3.05, 3.63) is 35.9 Å². The second kappa shape index (κ2) is 7.30. The maximum Gasteiger partial charge on any atom is 0.347 e. The lowest BCUT2D eigenvalue weighted by Gasteiger charge is -2.44. The predicted octanol–water partition coefficient (Wildman–Crippen LogP) is 4.05. The van der Waals surface area contributed by atoms with E-state index in [1.54, 1.807) is 0 Å². The van der Waals surface area contributed by atoms with Crippen molar-refractivity contribution in [3.63, 3.8) is 0 Å². The first-order valence-electron chi connectivity index (χ1n) is 9.42. The molecular weight excluding hydrogens is 362 g/mol. The molecule has 0 aliphatic carbocycles. The molecule has 1 aliphatic rings. The van der Waals surface area contributed by atoms with Crippen molar-refractivity contribution in [3.8, 4) is 0 Å². The van der Waals surface area contributed by atoms with E-state index in [1.165, 1.54) is 0 Å². The molecule has 152 valence electrons. The van der Waals surface area contributed by atoms with E-state index in [4.69, 9.17) is 9.47 Å². The van der Waals surface area contributed by atoms with Crippen LogP contribution in [-0.2, 0) is 30.9 Å². The van der Waals surface area contributed by atoms with Crippen molar-refractivity contribution >= 4 is 17.0 Å². The molecule has 0 saturated carbocycles. The van der Waals surface area contributed by atoms with Gasteiger partial charge in [0.1, 0.15) is 0 Å². The topological polar surface area (TPSA) is 64.6 Å². The molecule has 1 saturated heterocycles. The lowest BCUT2D eigenvalue weighted by Crippen LogP contribution is -2.63. The maximum absolute atomic E-state index is 13.3. The molecule has 0 bridgehead atoms. The normalized spacial score (nSPS) is 27.1. The highest BCUT2D eigenvalue weighted by Crippen LogP contribution is 2.48. The average Bonchev–Trinajstić information content (AvgIpc) is 2.94. The summed E-state index contributed by atoms with van der Waals surface area (Å²) in [5.74, 6) is -0.448. The number of carbonyl (C=O) groups is 1. The third kappa shape index (κ3) is 3.98. The van der Waals surface area contributed by atoms with E-state index in [0.29, 0.717) is 12.0 Å². The number of esters is 1. The van der Waals surface area contributed by atoms with Crippen molar-refractivity contribution in [2.75, 3.05) is 0 Å². The minimum Gasteiger partial charge on any atom is -0.433 e. The Labute approximate surface area is 165 Å². The third-order valence-electron chi connectivity index (χ3n) is 5.03. The second-order valence-electron chi connectivity index (χ2n) is 9.44. The number of hydrogen-bond acceptors (Lipinski definition) is 4. The van der Waals surface area contributed by atoms with Gasteiger partial charge in [0.25, 0.3) is 0 Å². The van der Waals surface area contributed by atoms with Crippen LogP contribution in [0.15, 0.2) is 30.3 Å². The molecule has 1 aromatic rings. The van der Waals surface area contributed by atoms with Crippen LogP contribution in [0.5, 0.6) is 0 Å². The fourth-order valence-corrected chi connectivity index (χ4v) is 4.05. The van der Waals surface area contributed by atoms with E-state index in [-0.39, 0.29) is 5.41 Å². The van der Waals surface area contributed by atoms with Crippen LogP contribution >= 0.6 is 0 Å². The Balaban J connectivity index is 2.63.